The largest absolute Gasteiger partial charge is 0.396 e. The van der Waals surface area contributed by atoms with Crippen molar-refractivity contribution < 1.29 is 5.11 Å². The van der Waals surface area contributed by atoms with Gasteiger partial charge in [-0.25, -0.2) is 0 Å². The van der Waals surface area contributed by atoms with Crippen LogP contribution in [0.4, 0.5) is 0 Å². The van der Waals surface area contributed by atoms with E-state index in [1.54, 1.807) is 0 Å². The Hall–Kier alpha value is -0.120. The highest BCUT2D eigenvalue weighted by atomic mass is 16.2. The van der Waals surface area contributed by atoms with Crippen LogP contribution in [0.5, 0.6) is 0 Å². The van der Waals surface area contributed by atoms with Crippen LogP contribution in [0.3, 0.4) is 0 Å². The van der Waals surface area contributed by atoms with Crippen molar-refractivity contribution >= 4 is 0 Å². The molecule has 0 amide bonds. The van der Waals surface area contributed by atoms with Crippen molar-refractivity contribution in [3.8, 4) is 0 Å². The molecule has 0 aromatic carbocycles. The van der Waals surface area contributed by atoms with Gasteiger partial charge in [-0.15, -0.1) is 0 Å². The standard InChI is InChI=1S/C11H26N2O/c1-11(9-12)10-13(2)7-5-3-4-6-8-14/h11,14H,3-10,12H2,1-2H3. The highest BCUT2D eigenvalue weighted by Crippen LogP contribution is 2.02. The predicted octanol–water partition coefficient (Wildman–Crippen LogP) is 1.07. The quantitative estimate of drug-likeness (QED) is 0.550. The van der Waals surface area contributed by atoms with Gasteiger partial charge in [-0.2, -0.15) is 0 Å². The Morgan fingerprint density at radius 2 is 1.86 bits per heavy atom. The monoisotopic (exact) mass is 202 g/mol. The lowest BCUT2D eigenvalue weighted by Gasteiger charge is -2.19. The van der Waals surface area contributed by atoms with Crippen molar-refractivity contribution in [2.24, 2.45) is 11.7 Å². The summed E-state index contributed by atoms with van der Waals surface area (Å²) in [6, 6.07) is 0. The zero-order valence-corrected chi connectivity index (χ0v) is 9.71. The number of rotatable bonds is 9. The third-order valence-electron chi connectivity index (χ3n) is 2.47. The average molecular weight is 202 g/mol. The molecule has 86 valence electrons. The molecule has 0 aromatic rings. The average Bonchev–Trinajstić information content (AvgIpc) is 2.17. The van der Waals surface area contributed by atoms with E-state index < -0.39 is 0 Å². The van der Waals surface area contributed by atoms with E-state index in [2.05, 4.69) is 18.9 Å². The third-order valence-corrected chi connectivity index (χ3v) is 2.47. The highest BCUT2D eigenvalue weighted by molar-refractivity contribution is 4.59. The lowest BCUT2D eigenvalue weighted by atomic mass is 10.1. The van der Waals surface area contributed by atoms with Crippen molar-refractivity contribution in [3.63, 3.8) is 0 Å². The summed E-state index contributed by atoms with van der Waals surface area (Å²) >= 11 is 0. The summed E-state index contributed by atoms with van der Waals surface area (Å²) in [6.07, 6.45) is 4.55. The molecule has 0 spiro atoms. The van der Waals surface area contributed by atoms with Gasteiger partial charge in [0, 0.05) is 13.2 Å². The fraction of sp³-hybridized carbons (Fsp3) is 1.00. The number of hydrogen-bond donors (Lipinski definition) is 2. The molecule has 3 nitrogen and oxygen atoms in total. The van der Waals surface area contributed by atoms with Crippen LogP contribution in [0.25, 0.3) is 0 Å². The summed E-state index contributed by atoms with van der Waals surface area (Å²) in [5.74, 6) is 0.595. The summed E-state index contributed by atoms with van der Waals surface area (Å²) in [5.41, 5.74) is 5.56. The van der Waals surface area contributed by atoms with Crippen LogP contribution in [-0.2, 0) is 0 Å². The molecule has 0 heterocycles. The minimum absolute atomic E-state index is 0.333. The molecule has 14 heavy (non-hydrogen) atoms. The number of nitrogens with two attached hydrogens (primary N) is 1. The van der Waals surface area contributed by atoms with Gasteiger partial charge in [0.15, 0.2) is 0 Å². The van der Waals surface area contributed by atoms with Gasteiger partial charge in [-0.1, -0.05) is 19.8 Å². The van der Waals surface area contributed by atoms with Crippen molar-refractivity contribution in [2.45, 2.75) is 32.6 Å². The van der Waals surface area contributed by atoms with Gasteiger partial charge in [0.25, 0.3) is 0 Å². The topological polar surface area (TPSA) is 49.5 Å². The highest BCUT2D eigenvalue weighted by Gasteiger charge is 2.03. The van der Waals surface area contributed by atoms with E-state index in [0.29, 0.717) is 12.5 Å². The number of aliphatic hydroxyl groups excluding tert-OH is 1. The van der Waals surface area contributed by atoms with Crippen molar-refractivity contribution in [1.29, 1.82) is 0 Å². The summed E-state index contributed by atoms with van der Waals surface area (Å²) in [5, 5.41) is 8.60. The first kappa shape index (κ1) is 13.9. The molecule has 1 unspecified atom stereocenters. The second-order valence-electron chi connectivity index (χ2n) is 4.24. The number of hydrogen-bond acceptors (Lipinski definition) is 3. The van der Waals surface area contributed by atoms with Crippen LogP contribution in [0.15, 0.2) is 0 Å². The zero-order valence-electron chi connectivity index (χ0n) is 9.71. The van der Waals surface area contributed by atoms with E-state index >= 15 is 0 Å². The Morgan fingerprint density at radius 1 is 1.21 bits per heavy atom. The van der Waals surface area contributed by atoms with Crippen LogP contribution >= 0.6 is 0 Å². The molecule has 0 rings (SSSR count). The molecule has 0 aliphatic rings. The Morgan fingerprint density at radius 3 is 2.43 bits per heavy atom. The first-order valence-electron chi connectivity index (χ1n) is 5.70. The minimum atomic E-state index is 0.333. The van der Waals surface area contributed by atoms with Gasteiger partial charge in [0.1, 0.15) is 0 Å². The molecule has 3 heteroatoms. The number of aliphatic hydroxyl groups is 1. The molecule has 0 fully saturated rings. The smallest absolute Gasteiger partial charge is 0.0431 e. The zero-order chi connectivity index (χ0) is 10.8. The van der Waals surface area contributed by atoms with Crippen LogP contribution in [0.2, 0.25) is 0 Å². The third kappa shape index (κ3) is 8.48. The molecule has 0 saturated carbocycles. The lowest BCUT2D eigenvalue weighted by molar-refractivity contribution is 0.269. The second kappa shape index (κ2) is 9.44. The maximum atomic E-state index is 8.60. The lowest BCUT2D eigenvalue weighted by Crippen LogP contribution is -2.29. The minimum Gasteiger partial charge on any atom is -0.396 e. The Labute approximate surface area is 88.3 Å². The van der Waals surface area contributed by atoms with E-state index in [1.165, 1.54) is 12.8 Å². The van der Waals surface area contributed by atoms with Gasteiger partial charge in [0.2, 0.25) is 0 Å². The van der Waals surface area contributed by atoms with Gasteiger partial charge >= 0.3 is 0 Å². The molecule has 0 aliphatic carbocycles. The van der Waals surface area contributed by atoms with Gasteiger partial charge in [-0.05, 0) is 38.9 Å². The predicted molar refractivity (Wildman–Crippen MR) is 61.3 cm³/mol. The van der Waals surface area contributed by atoms with Crippen molar-refractivity contribution in [3.05, 3.63) is 0 Å². The van der Waals surface area contributed by atoms with Crippen LogP contribution in [0.1, 0.15) is 32.6 Å². The van der Waals surface area contributed by atoms with Gasteiger partial charge in [-0.3, -0.25) is 0 Å². The van der Waals surface area contributed by atoms with E-state index in [9.17, 15) is 0 Å². The van der Waals surface area contributed by atoms with E-state index in [1.807, 2.05) is 0 Å². The maximum absolute atomic E-state index is 8.60. The van der Waals surface area contributed by atoms with Crippen molar-refractivity contribution in [2.75, 3.05) is 33.3 Å². The Kier molecular flexibility index (Phi) is 9.35. The molecule has 0 aliphatic heterocycles. The first-order chi connectivity index (χ1) is 6.70. The summed E-state index contributed by atoms with van der Waals surface area (Å²) < 4.78 is 0. The fourth-order valence-corrected chi connectivity index (χ4v) is 1.54. The molecule has 1 atom stereocenters. The fourth-order valence-electron chi connectivity index (χ4n) is 1.54. The molecule has 3 N–H and O–H groups in total. The summed E-state index contributed by atoms with van der Waals surface area (Å²) in [7, 11) is 2.15. The van der Waals surface area contributed by atoms with E-state index in [-0.39, 0.29) is 0 Å². The van der Waals surface area contributed by atoms with Gasteiger partial charge in [0.05, 0.1) is 0 Å². The number of nitrogens with zero attached hydrogens (tertiary/aromatic N) is 1. The summed E-state index contributed by atoms with van der Waals surface area (Å²) in [4.78, 5) is 2.34. The van der Waals surface area contributed by atoms with Crippen molar-refractivity contribution in [1.82, 2.24) is 4.90 Å². The van der Waals surface area contributed by atoms with Gasteiger partial charge < -0.3 is 15.7 Å². The SMILES string of the molecule is CC(CN)CN(C)CCCCCCO. The second-order valence-corrected chi connectivity index (χ2v) is 4.24. The van der Waals surface area contributed by atoms with Crippen LogP contribution in [0, 0.1) is 5.92 Å². The first-order valence-corrected chi connectivity index (χ1v) is 5.70. The molecular formula is C11H26N2O. The molecular weight excluding hydrogens is 176 g/mol. The van der Waals surface area contributed by atoms with Crippen LogP contribution in [-0.4, -0.2) is 43.3 Å². The Balaban J connectivity index is 3.22. The summed E-state index contributed by atoms with van der Waals surface area (Å²) in [6.45, 7) is 5.53. The molecule has 0 aromatic heterocycles. The maximum Gasteiger partial charge on any atom is 0.0431 e. The van der Waals surface area contributed by atoms with E-state index in [0.717, 1.165) is 32.5 Å². The molecule has 0 saturated heterocycles. The Bertz CT molecular complexity index is 120. The normalized spacial score (nSPS) is 13.5. The molecule has 0 bridgehead atoms. The van der Waals surface area contributed by atoms with E-state index in [4.69, 9.17) is 10.8 Å². The number of unbranched alkanes of at least 4 members (excludes halogenated alkanes) is 3. The molecule has 0 radical (unpaired) electrons. The van der Waals surface area contributed by atoms with Crippen LogP contribution < -0.4 is 5.73 Å².